The summed E-state index contributed by atoms with van der Waals surface area (Å²) in [6.45, 7) is 5.19. The van der Waals surface area contributed by atoms with Crippen molar-refractivity contribution >= 4 is 40.5 Å². The van der Waals surface area contributed by atoms with Crippen LogP contribution < -0.4 is 10.2 Å². The number of nitrogens with one attached hydrogen (secondary N) is 1. The van der Waals surface area contributed by atoms with E-state index in [1.165, 1.54) is 16.2 Å². The Kier molecular flexibility index (Phi) is 5.08. The number of carbonyl (C=O) groups excluding carboxylic acids is 3. The molecule has 2 amide bonds. The van der Waals surface area contributed by atoms with Crippen LogP contribution in [0.25, 0.3) is 0 Å². The highest BCUT2D eigenvalue weighted by Gasteiger charge is 2.30. The monoisotopic (exact) mass is 372 g/mol. The van der Waals surface area contributed by atoms with Crippen molar-refractivity contribution in [3.05, 3.63) is 45.6 Å². The lowest BCUT2D eigenvalue weighted by molar-refractivity contribution is -0.122. The number of benzene rings is 1. The SMILES string of the molecule is Cc1cc(C(=O)OCC(=O)N2c3ccccc3NC(=O)C[C@@H]2C)c(C)s1. The Morgan fingerprint density at radius 2 is 2.04 bits per heavy atom. The van der Waals surface area contributed by atoms with Crippen LogP contribution in [0, 0.1) is 13.8 Å². The van der Waals surface area contributed by atoms with Gasteiger partial charge in [-0.1, -0.05) is 12.1 Å². The van der Waals surface area contributed by atoms with E-state index in [0.29, 0.717) is 16.9 Å². The van der Waals surface area contributed by atoms with Crippen LogP contribution in [-0.4, -0.2) is 30.4 Å². The molecule has 7 heteroatoms. The van der Waals surface area contributed by atoms with Crippen molar-refractivity contribution < 1.29 is 19.1 Å². The molecule has 1 atom stereocenters. The predicted molar refractivity (Wildman–Crippen MR) is 101 cm³/mol. The van der Waals surface area contributed by atoms with Crippen LogP contribution in [0.5, 0.6) is 0 Å². The van der Waals surface area contributed by atoms with Crippen LogP contribution in [0.15, 0.2) is 30.3 Å². The Morgan fingerprint density at radius 1 is 1.31 bits per heavy atom. The minimum atomic E-state index is -0.509. The number of nitrogens with zero attached hydrogens (tertiary/aromatic N) is 1. The summed E-state index contributed by atoms with van der Waals surface area (Å²) in [6.07, 6.45) is 0.178. The van der Waals surface area contributed by atoms with Crippen molar-refractivity contribution in [2.75, 3.05) is 16.8 Å². The Hall–Kier alpha value is -2.67. The Bertz CT molecular complexity index is 874. The molecule has 6 nitrogen and oxygen atoms in total. The van der Waals surface area contributed by atoms with Crippen molar-refractivity contribution in [2.24, 2.45) is 0 Å². The third kappa shape index (κ3) is 3.62. The van der Waals surface area contributed by atoms with E-state index < -0.39 is 5.97 Å². The number of hydrogen-bond acceptors (Lipinski definition) is 5. The molecule has 0 saturated heterocycles. The van der Waals surface area contributed by atoms with E-state index in [0.717, 1.165) is 9.75 Å². The van der Waals surface area contributed by atoms with E-state index >= 15 is 0 Å². The smallest absolute Gasteiger partial charge is 0.339 e. The maximum absolute atomic E-state index is 12.8. The van der Waals surface area contributed by atoms with Crippen LogP contribution in [-0.2, 0) is 14.3 Å². The number of aryl methyl sites for hydroxylation is 2. The highest BCUT2D eigenvalue weighted by Crippen LogP contribution is 2.31. The zero-order valence-electron chi connectivity index (χ0n) is 14.9. The van der Waals surface area contributed by atoms with Gasteiger partial charge >= 0.3 is 5.97 Å². The summed E-state index contributed by atoms with van der Waals surface area (Å²) >= 11 is 1.51. The molecule has 0 aliphatic carbocycles. The number of rotatable bonds is 3. The molecule has 0 bridgehead atoms. The second-order valence-corrected chi connectivity index (χ2v) is 7.75. The van der Waals surface area contributed by atoms with Crippen molar-refractivity contribution in [3.8, 4) is 0 Å². The summed E-state index contributed by atoms with van der Waals surface area (Å²) in [4.78, 5) is 40.4. The van der Waals surface area contributed by atoms with Crippen LogP contribution in [0.2, 0.25) is 0 Å². The first-order chi connectivity index (χ1) is 12.4. The quantitative estimate of drug-likeness (QED) is 0.839. The molecule has 2 heterocycles. The topological polar surface area (TPSA) is 75.7 Å². The highest BCUT2D eigenvalue weighted by atomic mass is 32.1. The molecule has 0 saturated carbocycles. The molecule has 1 aromatic heterocycles. The average Bonchev–Trinajstić information content (AvgIpc) is 2.85. The lowest BCUT2D eigenvalue weighted by atomic mass is 10.1. The molecule has 1 aromatic carbocycles. The first kappa shape index (κ1) is 18.1. The summed E-state index contributed by atoms with van der Waals surface area (Å²) in [6, 6.07) is 8.53. The van der Waals surface area contributed by atoms with Crippen LogP contribution in [0.3, 0.4) is 0 Å². The van der Waals surface area contributed by atoms with E-state index in [2.05, 4.69) is 5.32 Å². The molecule has 2 aromatic rings. The molecule has 0 unspecified atom stereocenters. The average molecular weight is 372 g/mol. The Balaban J connectivity index is 1.77. The summed E-state index contributed by atoms with van der Waals surface area (Å²) in [5.41, 5.74) is 1.67. The van der Waals surface area contributed by atoms with Gasteiger partial charge in [0.05, 0.1) is 16.9 Å². The van der Waals surface area contributed by atoms with Gasteiger partial charge in [-0.25, -0.2) is 4.79 Å². The molecule has 1 N–H and O–H groups in total. The van der Waals surface area contributed by atoms with Gasteiger partial charge in [0.2, 0.25) is 5.91 Å². The largest absolute Gasteiger partial charge is 0.452 e. The van der Waals surface area contributed by atoms with E-state index in [1.54, 1.807) is 37.3 Å². The van der Waals surface area contributed by atoms with Gasteiger partial charge < -0.3 is 15.0 Å². The lowest BCUT2D eigenvalue weighted by Gasteiger charge is -2.27. The molecule has 0 radical (unpaired) electrons. The van der Waals surface area contributed by atoms with Gasteiger partial charge in [0.1, 0.15) is 0 Å². The first-order valence-electron chi connectivity index (χ1n) is 8.32. The molecule has 0 fully saturated rings. The van der Waals surface area contributed by atoms with Crippen LogP contribution in [0.4, 0.5) is 11.4 Å². The molecular weight excluding hydrogens is 352 g/mol. The summed E-state index contributed by atoms with van der Waals surface area (Å²) in [7, 11) is 0. The number of thiophene rings is 1. The van der Waals surface area contributed by atoms with Crippen LogP contribution in [0.1, 0.15) is 33.5 Å². The Morgan fingerprint density at radius 3 is 2.73 bits per heavy atom. The summed E-state index contributed by atoms with van der Waals surface area (Å²) in [5.74, 6) is -1.02. The minimum absolute atomic E-state index is 0.151. The van der Waals surface area contributed by atoms with Crippen molar-refractivity contribution in [1.29, 1.82) is 0 Å². The van der Waals surface area contributed by atoms with Gasteiger partial charge in [-0.15, -0.1) is 11.3 Å². The molecule has 26 heavy (non-hydrogen) atoms. The predicted octanol–water partition coefficient (Wildman–Crippen LogP) is 3.29. The number of esters is 1. The molecular formula is C19H20N2O4S. The van der Waals surface area contributed by atoms with E-state index in [1.807, 2.05) is 13.8 Å². The standard InChI is InChI=1S/C19H20N2O4S/c1-11-8-17(22)20-15-6-4-5-7-16(15)21(11)18(23)10-25-19(24)14-9-12(2)26-13(14)3/h4-7,9,11H,8,10H2,1-3H3,(H,20,22)/t11-/m0/s1. The molecule has 136 valence electrons. The first-order valence-corrected chi connectivity index (χ1v) is 9.13. The minimum Gasteiger partial charge on any atom is -0.452 e. The molecule has 1 aliphatic rings. The van der Waals surface area contributed by atoms with Gasteiger partial charge in [-0.05, 0) is 39.0 Å². The molecule has 1 aliphatic heterocycles. The van der Waals surface area contributed by atoms with E-state index in [4.69, 9.17) is 4.74 Å². The zero-order chi connectivity index (χ0) is 18.8. The zero-order valence-corrected chi connectivity index (χ0v) is 15.7. The number of fused-ring (bicyclic) bond motifs is 1. The normalized spacial score (nSPS) is 16.5. The molecule has 3 rings (SSSR count). The second kappa shape index (κ2) is 7.29. The summed E-state index contributed by atoms with van der Waals surface area (Å²) in [5, 5.41) is 2.80. The van der Waals surface area contributed by atoms with Crippen LogP contribution >= 0.6 is 11.3 Å². The van der Waals surface area contributed by atoms with E-state index in [-0.39, 0.29) is 30.9 Å². The maximum atomic E-state index is 12.8. The number of hydrogen-bond donors (Lipinski definition) is 1. The van der Waals surface area contributed by atoms with Gasteiger partial charge in [-0.3, -0.25) is 9.59 Å². The number of anilines is 2. The third-order valence-electron chi connectivity index (χ3n) is 4.22. The lowest BCUT2D eigenvalue weighted by Crippen LogP contribution is -2.41. The number of amides is 2. The fraction of sp³-hybridized carbons (Fsp3) is 0.316. The fourth-order valence-corrected chi connectivity index (χ4v) is 3.99. The third-order valence-corrected chi connectivity index (χ3v) is 5.18. The number of para-hydroxylation sites is 2. The van der Waals surface area contributed by atoms with E-state index in [9.17, 15) is 14.4 Å². The van der Waals surface area contributed by atoms with Crippen molar-refractivity contribution in [3.63, 3.8) is 0 Å². The summed E-state index contributed by atoms with van der Waals surface area (Å²) < 4.78 is 5.24. The maximum Gasteiger partial charge on any atom is 0.339 e. The van der Waals surface area contributed by atoms with Gasteiger partial charge in [0, 0.05) is 22.2 Å². The molecule has 0 spiro atoms. The second-order valence-electron chi connectivity index (χ2n) is 6.29. The highest BCUT2D eigenvalue weighted by molar-refractivity contribution is 7.12. The van der Waals surface area contributed by atoms with Gasteiger partial charge in [0.15, 0.2) is 6.61 Å². The van der Waals surface area contributed by atoms with Crippen molar-refractivity contribution in [1.82, 2.24) is 0 Å². The fourth-order valence-electron chi connectivity index (χ4n) is 3.08. The number of carbonyl (C=O) groups is 3. The number of ether oxygens (including phenoxy) is 1. The van der Waals surface area contributed by atoms with Crippen molar-refractivity contribution in [2.45, 2.75) is 33.2 Å². The van der Waals surface area contributed by atoms with Gasteiger partial charge in [0.25, 0.3) is 5.91 Å². The van der Waals surface area contributed by atoms with Gasteiger partial charge in [-0.2, -0.15) is 0 Å². The Labute approximate surface area is 155 Å².